The van der Waals surface area contributed by atoms with Gasteiger partial charge in [-0.15, -0.1) is 0 Å². The number of hydrogen-bond donors (Lipinski definition) is 13. The minimum absolute atomic E-state index is 0.0920. The van der Waals surface area contributed by atoms with Gasteiger partial charge in [0.2, 0.25) is 0 Å². The van der Waals surface area contributed by atoms with Crippen LogP contribution in [0.1, 0.15) is 45.4 Å². The maximum atomic E-state index is 11.5. The molecule has 14 N–H and O–H groups in total. The maximum absolute atomic E-state index is 11.5. The van der Waals surface area contributed by atoms with Crippen LogP contribution in [0.15, 0.2) is 0 Å². The average molecular weight is 760 g/mol. The topological polar surface area (TPSA) is 331 Å². The van der Waals surface area contributed by atoms with E-state index in [0.29, 0.717) is 6.42 Å². The highest BCUT2D eigenvalue weighted by Gasteiger charge is 2.57. The third-order valence-corrected chi connectivity index (χ3v) is 11.6. The first-order chi connectivity index (χ1) is 24.6. The summed E-state index contributed by atoms with van der Waals surface area (Å²) in [7, 11) is 0. The fraction of sp³-hybridized carbons (Fsp3) is 1.00. The monoisotopic (exact) mass is 759 g/mol. The summed E-state index contributed by atoms with van der Waals surface area (Å²) in [6, 6.07) is 0. The average Bonchev–Trinajstić information content (AvgIpc) is 3.11. The lowest BCUT2D eigenvalue weighted by Crippen LogP contribution is -2.67. The Morgan fingerprint density at radius 1 is 0.558 bits per heavy atom. The fourth-order valence-corrected chi connectivity index (χ4v) is 8.44. The molecule has 0 amide bonds. The van der Waals surface area contributed by atoms with E-state index >= 15 is 0 Å². The second-order valence-corrected chi connectivity index (χ2v) is 15.2. The van der Waals surface area contributed by atoms with Crippen LogP contribution in [-0.4, -0.2) is 213 Å². The molecule has 0 bridgehead atoms. The summed E-state index contributed by atoms with van der Waals surface area (Å²) in [5, 5.41) is 137. The van der Waals surface area contributed by atoms with Crippen molar-refractivity contribution >= 4 is 0 Å². The van der Waals surface area contributed by atoms with E-state index in [2.05, 4.69) is 0 Å². The molecule has 24 unspecified atom stereocenters. The molecular formula is C32H55O20+. The summed E-state index contributed by atoms with van der Waals surface area (Å²) in [6.45, 7) is 0.613. The standard InChI is InChI=1S/C32H54O20/c1-9-19(38)21(40)24(43)29(46-9)51-31-26(45)23(42)28(50-30-25(44)22(41)20(39)18(8-33)49-30)32(52-31)48-17-7-12-14(36)5-11(34)6-16(12)47-27(17)10-2-3-13(35)15(37)4-10/h9-45H,2-8H2,1H3/p+1. The number of aliphatic hydroxyl groups is 15. The molecule has 0 aromatic rings. The Labute approximate surface area is 298 Å². The van der Waals surface area contributed by atoms with E-state index in [4.69, 9.17) is 33.2 Å². The van der Waals surface area contributed by atoms with Gasteiger partial charge >= 0.3 is 0 Å². The lowest BCUT2D eigenvalue weighted by atomic mass is 9.72. The van der Waals surface area contributed by atoms with Gasteiger partial charge in [-0.3, -0.25) is 0 Å². The molecule has 20 heteroatoms. The summed E-state index contributed by atoms with van der Waals surface area (Å²) < 4.78 is 40.0. The van der Waals surface area contributed by atoms with Gasteiger partial charge in [0, 0.05) is 18.8 Å². The second-order valence-electron chi connectivity index (χ2n) is 15.2. The Balaban J connectivity index is 1.29. The molecule has 4 heterocycles. The van der Waals surface area contributed by atoms with Crippen molar-refractivity contribution in [2.24, 2.45) is 11.8 Å². The summed E-state index contributed by atoms with van der Waals surface area (Å²) in [6.07, 6.45) is -30.3. The highest BCUT2D eigenvalue weighted by molar-refractivity contribution is 4.99. The van der Waals surface area contributed by atoms with Crippen LogP contribution in [0.2, 0.25) is 0 Å². The zero-order valence-electron chi connectivity index (χ0n) is 28.5. The molecule has 2 aliphatic carbocycles. The molecule has 4 aliphatic heterocycles. The van der Waals surface area contributed by atoms with E-state index in [-0.39, 0.29) is 38.0 Å². The SMILES string of the molecule is CC1OC(OC2OC(OC3CC4C(O)CC(O)CC4[OH+]C3C3CCC(O)C(O)C3)C(OC3OC(CO)C(O)C(O)C3O)C(O)C2O)C(O)C(O)C1O. The number of rotatable bonds is 8. The minimum Gasteiger partial charge on any atom is -0.427 e. The highest BCUT2D eigenvalue weighted by atomic mass is 16.8. The molecule has 6 aliphatic rings. The molecule has 24 atom stereocenters. The summed E-state index contributed by atoms with van der Waals surface area (Å²) in [4.78, 5) is 0. The number of aliphatic hydroxyl groups excluding tert-OH is 13. The van der Waals surface area contributed by atoms with Crippen molar-refractivity contribution in [3.8, 4) is 0 Å². The van der Waals surface area contributed by atoms with E-state index < -0.39 is 148 Å². The van der Waals surface area contributed by atoms with Gasteiger partial charge in [0.05, 0.1) is 43.0 Å². The second kappa shape index (κ2) is 16.7. The van der Waals surface area contributed by atoms with Gasteiger partial charge in [-0.2, -0.15) is 0 Å². The van der Waals surface area contributed by atoms with Crippen LogP contribution in [0.3, 0.4) is 0 Å². The van der Waals surface area contributed by atoms with Gasteiger partial charge in [0.1, 0.15) is 67.1 Å². The molecule has 302 valence electrons. The quantitative estimate of drug-likeness (QED) is 0.102. The molecule has 2 saturated carbocycles. The van der Waals surface area contributed by atoms with Crippen molar-refractivity contribution in [2.45, 2.75) is 180 Å². The largest absolute Gasteiger partial charge is 0.427 e. The van der Waals surface area contributed by atoms with Crippen molar-refractivity contribution in [3.63, 3.8) is 0 Å². The molecule has 20 nitrogen and oxygen atoms in total. The van der Waals surface area contributed by atoms with Crippen LogP contribution in [0, 0.1) is 11.8 Å². The molecule has 0 aromatic carbocycles. The lowest BCUT2D eigenvalue weighted by molar-refractivity contribution is -0.426. The minimum atomic E-state index is -1.99. The van der Waals surface area contributed by atoms with Crippen LogP contribution in [0.4, 0.5) is 0 Å². The molecule has 4 saturated heterocycles. The van der Waals surface area contributed by atoms with Gasteiger partial charge in [-0.1, -0.05) is 0 Å². The predicted octanol–water partition coefficient (Wildman–Crippen LogP) is -6.87. The van der Waals surface area contributed by atoms with Crippen LogP contribution in [0.25, 0.3) is 0 Å². The lowest BCUT2D eigenvalue weighted by Gasteiger charge is -2.50. The van der Waals surface area contributed by atoms with E-state index in [1.165, 1.54) is 6.92 Å². The summed E-state index contributed by atoms with van der Waals surface area (Å²) in [5.41, 5.74) is 0. The Hall–Kier alpha value is -0.800. The van der Waals surface area contributed by atoms with E-state index in [1.54, 1.807) is 0 Å². The maximum Gasteiger partial charge on any atom is 0.192 e. The van der Waals surface area contributed by atoms with Gasteiger partial charge < -0.3 is 99.5 Å². The van der Waals surface area contributed by atoms with Crippen LogP contribution >= 0.6 is 0 Å². The van der Waals surface area contributed by atoms with Gasteiger partial charge in [0.15, 0.2) is 37.4 Å². The van der Waals surface area contributed by atoms with Crippen molar-refractivity contribution in [3.05, 3.63) is 0 Å². The van der Waals surface area contributed by atoms with Gasteiger partial charge in [0.25, 0.3) is 0 Å². The van der Waals surface area contributed by atoms with E-state index in [0.717, 1.165) is 0 Å². The van der Waals surface area contributed by atoms with Crippen molar-refractivity contribution in [1.29, 1.82) is 0 Å². The Morgan fingerprint density at radius 3 is 1.87 bits per heavy atom. The Morgan fingerprint density at radius 2 is 1.19 bits per heavy atom. The van der Waals surface area contributed by atoms with Crippen LogP contribution < -0.4 is 0 Å². The number of ether oxygens (including phenoxy) is 7. The first kappa shape index (κ1) is 40.9. The number of hydrogen-bond acceptors (Lipinski definition) is 19. The third kappa shape index (κ3) is 8.18. The van der Waals surface area contributed by atoms with Crippen molar-refractivity contribution in [1.82, 2.24) is 0 Å². The first-order valence-electron chi connectivity index (χ1n) is 18.0. The van der Waals surface area contributed by atoms with Crippen molar-refractivity contribution < 1.29 is 99.5 Å². The summed E-state index contributed by atoms with van der Waals surface area (Å²) >= 11 is 0. The normalized spacial score (nSPS) is 56.2. The zero-order chi connectivity index (χ0) is 37.8. The third-order valence-electron chi connectivity index (χ3n) is 11.6. The Bertz CT molecular complexity index is 1150. The molecule has 6 fully saturated rings. The molecule has 52 heavy (non-hydrogen) atoms. The highest BCUT2D eigenvalue weighted by Crippen LogP contribution is 2.43. The number of fused-ring (bicyclic) bond motifs is 1. The summed E-state index contributed by atoms with van der Waals surface area (Å²) in [5.74, 6) is -0.836. The predicted molar refractivity (Wildman–Crippen MR) is 166 cm³/mol. The molecular weight excluding hydrogens is 704 g/mol. The molecule has 0 spiro atoms. The van der Waals surface area contributed by atoms with Crippen LogP contribution in [0.5, 0.6) is 0 Å². The molecule has 0 aromatic heterocycles. The fourth-order valence-electron chi connectivity index (χ4n) is 8.44. The van der Waals surface area contributed by atoms with Crippen molar-refractivity contribution in [2.75, 3.05) is 6.61 Å². The molecule has 0 radical (unpaired) electrons. The molecule has 6 rings (SSSR count). The van der Waals surface area contributed by atoms with E-state index in [9.17, 15) is 66.4 Å². The van der Waals surface area contributed by atoms with Gasteiger partial charge in [-0.25, -0.2) is 0 Å². The Kier molecular flexibility index (Phi) is 13.2. The zero-order valence-corrected chi connectivity index (χ0v) is 28.5. The van der Waals surface area contributed by atoms with Crippen LogP contribution in [-0.2, 0) is 28.4 Å². The smallest absolute Gasteiger partial charge is 0.192 e. The van der Waals surface area contributed by atoms with E-state index in [1.807, 2.05) is 0 Å². The van der Waals surface area contributed by atoms with Gasteiger partial charge in [-0.05, 0) is 32.6 Å². The first-order valence-corrected chi connectivity index (χ1v) is 18.0.